The number of aliphatic hydroxyl groups is 1. The summed E-state index contributed by atoms with van der Waals surface area (Å²) in [4.78, 5) is 12.4. The summed E-state index contributed by atoms with van der Waals surface area (Å²) >= 11 is 0. The molecule has 0 aliphatic carbocycles. The fraction of sp³-hybridized carbons (Fsp3) is 0.588. The average Bonchev–Trinajstić information content (AvgIpc) is 2.95. The lowest BCUT2D eigenvalue weighted by atomic mass is 9.79. The van der Waals surface area contributed by atoms with Gasteiger partial charge in [0.15, 0.2) is 0 Å². The van der Waals surface area contributed by atoms with Crippen molar-refractivity contribution in [2.75, 3.05) is 19.8 Å². The van der Waals surface area contributed by atoms with E-state index in [-0.39, 0.29) is 23.8 Å². The molecule has 0 bridgehead atoms. The van der Waals surface area contributed by atoms with Gasteiger partial charge in [-0.15, -0.1) is 0 Å². The quantitative estimate of drug-likeness (QED) is 0.811. The van der Waals surface area contributed by atoms with Gasteiger partial charge < -0.3 is 15.2 Å². The normalized spacial score (nSPS) is 17.2. The number of fused-ring (bicyclic) bond motifs is 1. The first-order valence-corrected chi connectivity index (χ1v) is 7.76. The van der Waals surface area contributed by atoms with Crippen LogP contribution < -0.4 is 10.1 Å². The Morgan fingerprint density at radius 1 is 1.38 bits per heavy atom. The minimum atomic E-state index is -0.221. The molecule has 0 aromatic heterocycles. The Hall–Kier alpha value is -1.55. The van der Waals surface area contributed by atoms with E-state index in [4.69, 9.17) is 4.74 Å². The van der Waals surface area contributed by atoms with E-state index in [1.54, 1.807) is 0 Å². The van der Waals surface area contributed by atoms with Crippen LogP contribution in [0.5, 0.6) is 5.75 Å². The molecule has 1 aromatic rings. The van der Waals surface area contributed by atoms with Crippen LogP contribution in [-0.2, 0) is 4.79 Å². The number of carbonyl (C=O) groups is 1. The zero-order chi connectivity index (χ0) is 15.3. The van der Waals surface area contributed by atoms with Gasteiger partial charge in [0, 0.05) is 18.7 Å². The van der Waals surface area contributed by atoms with Crippen molar-refractivity contribution in [2.24, 2.45) is 5.41 Å². The number of nitrogens with one attached hydrogen (secondary N) is 1. The summed E-state index contributed by atoms with van der Waals surface area (Å²) in [7, 11) is 0. The van der Waals surface area contributed by atoms with Crippen molar-refractivity contribution >= 4 is 5.91 Å². The summed E-state index contributed by atoms with van der Waals surface area (Å²) in [5.74, 6) is 0.608. The lowest BCUT2D eigenvalue weighted by Gasteiger charge is -2.31. The van der Waals surface area contributed by atoms with Gasteiger partial charge in [-0.25, -0.2) is 0 Å². The zero-order valence-corrected chi connectivity index (χ0v) is 12.9. The maximum Gasteiger partial charge on any atom is 0.231 e. The zero-order valence-electron chi connectivity index (χ0n) is 12.9. The van der Waals surface area contributed by atoms with E-state index in [0.717, 1.165) is 30.6 Å². The molecule has 1 aliphatic heterocycles. The van der Waals surface area contributed by atoms with Crippen LogP contribution in [-0.4, -0.2) is 30.8 Å². The molecule has 1 heterocycles. The maximum absolute atomic E-state index is 12.4. The lowest BCUT2D eigenvalue weighted by molar-refractivity contribution is -0.123. The Morgan fingerprint density at radius 3 is 2.76 bits per heavy atom. The van der Waals surface area contributed by atoms with Crippen molar-refractivity contribution in [3.8, 4) is 5.75 Å². The standard InChI is InChI=1S/C17H25NO3/c1-3-17(4-2,9-10-19)12-18-16(20)14-11-21-15-8-6-5-7-13(14)15/h5-8,14,19H,3-4,9-12H2,1-2H3,(H,18,20). The maximum atomic E-state index is 12.4. The summed E-state index contributed by atoms with van der Waals surface area (Å²) in [6.07, 6.45) is 2.61. The van der Waals surface area contributed by atoms with Gasteiger partial charge in [-0.05, 0) is 30.7 Å². The van der Waals surface area contributed by atoms with Crippen LogP contribution in [0.2, 0.25) is 0 Å². The molecule has 2 N–H and O–H groups in total. The first kappa shape index (κ1) is 15.8. The number of para-hydroxylation sites is 1. The molecule has 1 amide bonds. The fourth-order valence-corrected chi connectivity index (χ4v) is 2.96. The molecule has 2 rings (SSSR count). The Bertz CT molecular complexity index is 483. The monoisotopic (exact) mass is 291 g/mol. The second-order valence-electron chi connectivity index (χ2n) is 5.80. The molecule has 1 aromatic carbocycles. The van der Waals surface area contributed by atoms with Gasteiger partial charge >= 0.3 is 0 Å². The summed E-state index contributed by atoms with van der Waals surface area (Å²) < 4.78 is 5.56. The molecule has 0 saturated heterocycles. The third kappa shape index (κ3) is 3.38. The van der Waals surface area contributed by atoms with Crippen molar-refractivity contribution in [1.29, 1.82) is 0 Å². The molecule has 0 saturated carbocycles. The summed E-state index contributed by atoms with van der Waals surface area (Å²) in [5, 5.41) is 12.3. The van der Waals surface area contributed by atoms with Gasteiger partial charge in [-0.1, -0.05) is 32.0 Å². The van der Waals surface area contributed by atoms with Crippen LogP contribution in [0.25, 0.3) is 0 Å². The van der Waals surface area contributed by atoms with Crippen molar-refractivity contribution in [2.45, 2.75) is 39.0 Å². The van der Waals surface area contributed by atoms with Gasteiger partial charge in [0.2, 0.25) is 5.91 Å². The van der Waals surface area contributed by atoms with Crippen molar-refractivity contribution in [3.63, 3.8) is 0 Å². The van der Waals surface area contributed by atoms with E-state index in [0.29, 0.717) is 13.2 Å². The highest BCUT2D eigenvalue weighted by molar-refractivity contribution is 5.85. The molecule has 116 valence electrons. The second kappa shape index (κ2) is 6.94. The molecule has 0 spiro atoms. The van der Waals surface area contributed by atoms with E-state index in [1.165, 1.54) is 0 Å². The van der Waals surface area contributed by atoms with Crippen molar-refractivity contribution in [3.05, 3.63) is 29.8 Å². The summed E-state index contributed by atoms with van der Waals surface area (Å²) in [6.45, 7) is 5.40. The van der Waals surface area contributed by atoms with Crippen LogP contribution >= 0.6 is 0 Å². The molecule has 21 heavy (non-hydrogen) atoms. The van der Waals surface area contributed by atoms with Crippen molar-refractivity contribution < 1.29 is 14.6 Å². The minimum Gasteiger partial charge on any atom is -0.492 e. The number of hydrogen-bond donors (Lipinski definition) is 2. The average molecular weight is 291 g/mol. The molecule has 4 nitrogen and oxygen atoms in total. The number of carbonyl (C=O) groups excluding carboxylic acids is 1. The van der Waals surface area contributed by atoms with Gasteiger partial charge in [0.25, 0.3) is 0 Å². The highest BCUT2D eigenvalue weighted by Gasteiger charge is 2.32. The molecule has 4 heteroatoms. The number of rotatable bonds is 7. The molecule has 1 unspecified atom stereocenters. The molecule has 0 fully saturated rings. The van der Waals surface area contributed by atoms with E-state index in [1.807, 2.05) is 24.3 Å². The highest BCUT2D eigenvalue weighted by Crippen LogP contribution is 2.34. The summed E-state index contributed by atoms with van der Waals surface area (Å²) in [6, 6.07) is 7.70. The van der Waals surface area contributed by atoms with Gasteiger partial charge in [0.1, 0.15) is 18.3 Å². The largest absolute Gasteiger partial charge is 0.492 e. The summed E-state index contributed by atoms with van der Waals surface area (Å²) in [5.41, 5.74) is 0.958. The third-order valence-electron chi connectivity index (χ3n) is 4.80. The first-order chi connectivity index (χ1) is 10.2. The molecular formula is C17H25NO3. The Balaban J connectivity index is 1.99. The molecule has 0 radical (unpaired) electrons. The molecule has 1 aliphatic rings. The van der Waals surface area contributed by atoms with Gasteiger partial charge in [-0.3, -0.25) is 4.79 Å². The van der Waals surface area contributed by atoms with Crippen LogP contribution in [0.1, 0.15) is 44.6 Å². The van der Waals surface area contributed by atoms with Gasteiger partial charge in [-0.2, -0.15) is 0 Å². The Kier molecular flexibility index (Phi) is 5.23. The smallest absolute Gasteiger partial charge is 0.231 e. The van der Waals surface area contributed by atoms with E-state index in [9.17, 15) is 9.90 Å². The van der Waals surface area contributed by atoms with Crippen LogP contribution in [0.4, 0.5) is 0 Å². The van der Waals surface area contributed by atoms with Gasteiger partial charge in [0.05, 0.1) is 0 Å². The predicted octanol–water partition coefficient (Wildman–Crippen LogP) is 2.47. The van der Waals surface area contributed by atoms with E-state index >= 15 is 0 Å². The Morgan fingerprint density at radius 2 is 2.10 bits per heavy atom. The topological polar surface area (TPSA) is 58.6 Å². The van der Waals surface area contributed by atoms with Crippen LogP contribution in [0.15, 0.2) is 24.3 Å². The number of benzene rings is 1. The fourth-order valence-electron chi connectivity index (χ4n) is 2.96. The van der Waals surface area contributed by atoms with Crippen LogP contribution in [0.3, 0.4) is 0 Å². The number of aliphatic hydroxyl groups excluding tert-OH is 1. The second-order valence-corrected chi connectivity index (χ2v) is 5.80. The Labute approximate surface area is 126 Å². The number of amides is 1. The molecular weight excluding hydrogens is 266 g/mol. The SMILES string of the molecule is CCC(CC)(CCO)CNC(=O)C1COc2ccccc21. The minimum absolute atomic E-state index is 0.0105. The van der Waals surface area contributed by atoms with E-state index in [2.05, 4.69) is 19.2 Å². The first-order valence-electron chi connectivity index (χ1n) is 7.76. The molecule has 1 atom stereocenters. The lowest BCUT2D eigenvalue weighted by Crippen LogP contribution is -2.40. The van der Waals surface area contributed by atoms with Crippen LogP contribution in [0, 0.1) is 5.41 Å². The number of ether oxygens (including phenoxy) is 1. The van der Waals surface area contributed by atoms with Crippen molar-refractivity contribution in [1.82, 2.24) is 5.32 Å². The van der Waals surface area contributed by atoms with E-state index < -0.39 is 0 Å². The predicted molar refractivity (Wildman–Crippen MR) is 82.4 cm³/mol. The third-order valence-corrected chi connectivity index (χ3v) is 4.80. The highest BCUT2D eigenvalue weighted by atomic mass is 16.5. The number of hydrogen-bond acceptors (Lipinski definition) is 3.